The Hall–Kier alpha value is -5.66. The molecule has 5 aromatic rings. The molecule has 5 rings (SSSR count). The Bertz CT molecular complexity index is 1950. The summed E-state index contributed by atoms with van der Waals surface area (Å²) in [5.41, 5.74) is 7.86. The summed E-state index contributed by atoms with van der Waals surface area (Å²) in [4.78, 5) is 0. The second-order valence-electron chi connectivity index (χ2n) is 14.1. The van der Waals surface area contributed by atoms with Gasteiger partial charge in [-0.3, -0.25) is 0 Å². The summed E-state index contributed by atoms with van der Waals surface area (Å²) in [6.07, 6.45) is 0. The van der Waals surface area contributed by atoms with Gasteiger partial charge in [0, 0.05) is 33.4 Å². The maximum atomic E-state index is 3.57. The van der Waals surface area contributed by atoms with Gasteiger partial charge in [-0.1, -0.05) is 186 Å². The van der Waals surface area contributed by atoms with Crippen molar-refractivity contribution in [3.8, 4) is 47.4 Å². The van der Waals surface area contributed by atoms with Crippen LogP contribution in [0.25, 0.3) is 0 Å². The summed E-state index contributed by atoms with van der Waals surface area (Å²) < 4.78 is 0. The van der Waals surface area contributed by atoms with Crippen LogP contribution in [0.4, 0.5) is 0 Å². The lowest BCUT2D eigenvalue weighted by Gasteiger charge is -2.26. The van der Waals surface area contributed by atoms with E-state index in [0.29, 0.717) is 0 Å². The van der Waals surface area contributed by atoms with Gasteiger partial charge in [0.2, 0.25) is 0 Å². The van der Waals surface area contributed by atoms with Gasteiger partial charge in [-0.15, -0.1) is 0 Å². The van der Waals surface area contributed by atoms with Crippen LogP contribution in [-0.2, 0) is 0 Å². The van der Waals surface area contributed by atoms with Crippen LogP contribution in [0.3, 0.4) is 0 Å². The Morgan fingerprint density at radius 3 is 0.792 bits per heavy atom. The zero-order valence-electron chi connectivity index (χ0n) is 28.9. The van der Waals surface area contributed by atoms with Crippen molar-refractivity contribution in [1.29, 1.82) is 0 Å². The smallest absolute Gasteiger partial charge is 0.0504 e. The van der Waals surface area contributed by atoms with Crippen molar-refractivity contribution in [3.63, 3.8) is 0 Å². The topological polar surface area (TPSA) is 0 Å². The van der Waals surface area contributed by atoms with Crippen LogP contribution in [0, 0.1) is 58.2 Å². The Balaban J connectivity index is 1.45. The van der Waals surface area contributed by atoms with Crippen LogP contribution in [0.1, 0.15) is 97.9 Å². The fourth-order valence-corrected chi connectivity index (χ4v) is 5.56. The van der Waals surface area contributed by atoms with E-state index < -0.39 is 0 Å². The predicted octanol–water partition coefficient (Wildman–Crippen LogP) is 10.8. The molecule has 0 aliphatic rings. The van der Waals surface area contributed by atoms with Crippen molar-refractivity contribution in [2.45, 2.75) is 53.4 Å². The van der Waals surface area contributed by atoms with Gasteiger partial charge in [0.25, 0.3) is 0 Å². The monoisotopic (exact) mass is 618 g/mol. The first-order valence-electron chi connectivity index (χ1n) is 16.5. The van der Waals surface area contributed by atoms with Crippen LogP contribution in [-0.4, -0.2) is 0 Å². The molecule has 234 valence electrons. The van der Waals surface area contributed by atoms with E-state index in [1.807, 2.05) is 84.9 Å². The number of rotatable bonds is 2. The minimum Gasteiger partial charge on any atom is -0.0891 e. The first-order valence-corrected chi connectivity index (χ1v) is 16.5. The summed E-state index contributed by atoms with van der Waals surface area (Å²) in [6.45, 7) is 13.4. The van der Waals surface area contributed by atoms with Crippen molar-refractivity contribution in [3.05, 3.63) is 178 Å². The number of benzene rings is 5. The molecule has 0 fully saturated rings. The first-order chi connectivity index (χ1) is 23.1. The van der Waals surface area contributed by atoms with Gasteiger partial charge in [0.1, 0.15) is 0 Å². The Labute approximate surface area is 288 Å². The molecule has 0 heteroatoms. The highest BCUT2D eigenvalue weighted by atomic mass is 14.3. The highest BCUT2D eigenvalue weighted by molar-refractivity contribution is 5.59. The average molecular weight is 619 g/mol. The third-order valence-corrected chi connectivity index (χ3v) is 8.15. The molecule has 0 saturated carbocycles. The second-order valence-corrected chi connectivity index (χ2v) is 14.1. The molecule has 0 aliphatic carbocycles. The second kappa shape index (κ2) is 15.3. The maximum Gasteiger partial charge on any atom is 0.0504 e. The van der Waals surface area contributed by atoms with E-state index in [2.05, 4.69) is 137 Å². The van der Waals surface area contributed by atoms with Gasteiger partial charge >= 0.3 is 0 Å². The summed E-state index contributed by atoms with van der Waals surface area (Å²) in [7, 11) is 0. The zero-order valence-corrected chi connectivity index (χ0v) is 28.9. The molecule has 0 bridgehead atoms. The van der Waals surface area contributed by atoms with E-state index in [4.69, 9.17) is 0 Å². The van der Waals surface area contributed by atoms with Gasteiger partial charge in [-0.2, -0.15) is 0 Å². The lowest BCUT2D eigenvalue weighted by atomic mass is 9.77. The Morgan fingerprint density at radius 1 is 0.312 bits per heavy atom. The minimum absolute atomic E-state index is 0.00697. The molecule has 0 nitrogen and oxygen atoms in total. The molecule has 0 amide bonds. The average Bonchev–Trinajstić information content (AvgIpc) is 3.07. The largest absolute Gasteiger partial charge is 0.0891 e. The highest BCUT2D eigenvalue weighted by Gasteiger charge is 2.25. The van der Waals surface area contributed by atoms with E-state index in [1.165, 1.54) is 11.1 Å². The molecule has 0 spiro atoms. The minimum atomic E-state index is -0.00697. The lowest BCUT2D eigenvalue weighted by molar-refractivity contribution is 0.375. The third kappa shape index (κ3) is 8.99. The van der Waals surface area contributed by atoms with E-state index >= 15 is 0 Å². The molecule has 0 radical (unpaired) electrons. The van der Waals surface area contributed by atoms with E-state index in [9.17, 15) is 0 Å². The van der Waals surface area contributed by atoms with Gasteiger partial charge in [0.05, 0.1) is 11.8 Å². The van der Waals surface area contributed by atoms with E-state index in [-0.39, 0.29) is 22.7 Å². The standard InChI is InChI=1S/C48H42/c1-47(2,3)45(43-25-9-7-10-26-43)35-33-41-23-17-15-21-39(41)31-29-37-19-13-14-20-38(37)30-32-40-22-16-18-24-42(40)34-36-46(48(4,5)6)44-27-11-8-12-28-44/h7-28,45-46H,1-6H3. The Morgan fingerprint density at radius 2 is 0.542 bits per heavy atom. The molecule has 48 heavy (non-hydrogen) atoms. The molecule has 2 unspecified atom stereocenters. The third-order valence-electron chi connectivity index (χ3n) is 8.15. The summed E-state index contributed by atoms with van der Waals surface area (Å²) in [5.74, 6) is 27.9. The van der Waals surface area contributed by atoms with Crippen molar-refractivity contribution in [2.24, 2.45) is 10.8 Å². The van der Waals surface area contributed by atoms with Gasteiger partial charge in [-0.05, 0) is 58.4 Å². The highest BCUT2D eigenvalue weighted by Crippen LogP contribution is 2.35. The fraction of sp³-hybridized carbons (Fsp3) is 0.208. The first kappa shape index (κ1) is 33.7. The van der Waals surface area contributed by atoms with Crippen LogP contribution in [0.5, 0.6) is 0 Å². The zero-order chi connectivity index (χ0) is 34.0. The summed E-state index contributed by atoms with van der Waals surface area (Å²) >= 11 is 0. The van der Waals surface area contributed by atoms with Crippen LogP contribution >= 0.6 is 0 Å². The van der Waals surface area contributed by atoms with Crippen molar-refractivity contribution in [1.82, 2.24) is 0 Å². The molecule has 2 atom stereocenters. The van der Waals surface area contributed by atoms with E-state index in [1.54, 1.807) is 0 Å². The fourth-order valence-electron chi connectivity index (χ4n) is 5.56. The molecular weight excluding hydrogens is 577 g/mol. The maximum absolute atomic E-state index is 3.57. The molecule has 0 aromatic heterocycles. The summed E-state index contributed by atoms with van der Waals surface area (Å²) in [5, 5.41) is 0. The quantitative estimate of drug-likeness (QED) is 0.173. The molecule has 0 aliphatic heterocycles. The van der Waals surface area contributed by atoms with Crippen LogP contribution in [0.2, 0.25) is 0 Å². The number of hydrogen-bond acceptors (Lipinski definition) is 0. The van der Waals surface area contributed by atoms with Crippen LogP contribution in [0.15, 0.2) is 133 Å². The van der Waals surface area contributed by atoms with Crippen molar-refractivity contribution in [2.75, 3.05) is 0 Å². The van der Waals surface area contributed by atoms with Gasteiger partial charge in [0.15, 0.2) is 0 Å². The molecular formula is C48H42. The lowest BCUT2D eigenvalue weighted by Crippen LogP contribution is -2.16. The molecule has 0 heterocycles. The Kier molecular flexibility index (Phi) is 10.7. The van der Waals surface area contributed by atoms with Crippen molar-refractivity contribution < 1.29 is 0 Å². The van der Waals surface area contributed by atoms with Crippen molar-refractivity contribution >= 4 is 0 Å². The SMILES string of the molecule is CC(C)(C)C(C#Cc1ccccc1C#Cc1ccccc1C#Cc1ccccc1C#CC(c1ccccc1)C(C)(C)C)c1ccccc1. The molecule has 0 N–H and O–H groups in total. The normalized spacial score (nSPS) is 12.0. The predicted molar refractivity (Wildman–Crippen MR) is 202 cm³/mol. The molecule has 0 saturated heterocycles. The summed E-state index contributed by atoms with van der Waals surface area (Å²) in [6, 6.07) is 45.3. The van der Waals surface area contributed by atoms with E-state index in [0.717, 1.165) is 33.4 Å². The van der Waals surface area contributed by atoms with Crippen LogP contribution < -0.4 is 0 Å². The van der Waals surface area contributed by atoms with Gasteiger partial charge < -0.3 is 0 Å². The van der Waals surface area contributed by atoms with Gasteiger partial charge in [-0.25, -0.2) is 0 Å². The molecule has 5 aromatic carbocycles. The number of hydrogen-bond donors (Lipinski definition) is 0.